The van der Waals surface area contributed by atoms with E-state index < -0.39 is 0 Å². The molecule has 3 nitrogen and oxygen atoms in total. The Morgan fingerprint density at radius 3 is 2.05 bits per heavy atom. The Hall–Kier alpha value is -1.61. The third-order valence-electron chi connectivity index (χ3n) is 2.44. The number of carbonyl (C=O) groups is 1. The molecule has 0 aromatic heterocycles. The zero-order chi connectivity index (χ0) is 16.9. The summed E-state index contributed by atoms with van der Waals surface area (Å²) < 4.78 is 0. The first-order valence-corrected chi connectivity index (χ1v) is 7.37. The molecule has 0 atom stereocenters. The molecule has 1 amide bonds. The summed E-state index contributed by atoms with van der Waals surface area (Å²) in [7, 11) is 0. The minimum Gasteiger partial charge on any atom is -0.355 e. The van der Waals surface area contributed by atoms with E-state index in [4.69, 9.17) is 0 Å². The van der Waals surface area contributed by atoms with Crippen molar-refractivity contribution in [2.75, 3.05) is 19.6 Å². The van der Waals surface area contributed by atoms with Gasteiger partial charge in [-0.05, 0) is 51.3 Å². The van der Waals surface area contributed by atoms with Crippen molar-refractivity contribution in [1.82, 2.24) is 10.6 Å². The van der Waals surface area contributed by atoms with Crippen LogP contribution in [-0.4, -0.2) is 26.0 Å². The number of hydrogen-bond donors (Lipinski definition) is 2. The quantitative estimate of drug-likeness (QED) is 0.469. The van der Waals surface area contributed by atoms with E-state index in [1.165, 1.54) is 25.9 Å². The Morgan fingerprint density at radius 1 is 1.29 bits per heavy atom. The average molecular weight is 294 g/mol. The van der Waals surface area contributed by atoms with Gasteiger partial charge in [0.15, 0.2) is 0 Å². The van der Waals surface area contributed by atoms with Gasteiger partial charge in [0.05, 0.1) is 0 Å². The van der Waals surface area contributed by atoms with Crippen molar-refractivity contribution < 1.29 is 4.79 Å². The number of hydrogen-bond acceptors (Lipinski definition) is 2. The Morgan fingerprint density at radius 2 is 1.76 bits per heavy atom. The van der Waals surface area contributed by atoms with Crippen molar-refractivity contribution in [2.24, 2.45) is 5.92 Å². The number of allylic oxidation sites excluding steroid dienone is 2. The van der Waals surface area contributed by atoms with E-state index in [0.717, 1.165) is 11.5 Å². The second-order valence-corrected chi connectivity index (χ2v) is 4.50. The molecule has 0 spiro atoms. The monoisotopic (exact) mass is 294 g/mol. The molecule has 1 aliphatic heterocycles. The van der Waals surface area contributed by atoms with Crippen LogP contribution in [0.1, 0.15) is 33.6 Å². The van der Waals surface area contributed by atoms with Crippen LogP contribution in [0.25, 0.3) is 0 Å². The normalized spacial score (nSPS) is 13.3. The Balaban J connectivity index is -0.000000239. The van der Waals surface area contributed by atoms with E-state index in [0.29, 0.717) is 13.0 Å². The third kappa shape index (κ3) is 27.6. The third-order valence-corrected chi connectivity index (χ3v) is 2.44. The van der Waals surface area contributed by atoms with Crippen molar-refractivity contribution in [1.29, 1.82) is 0 Å². The molecule has 0 aromatic rings. The zero-order valence-electron chi connectivity index (χ0n) is 14.2. The van der Waals surface area contributed by atoms with Crippen molar-refractivity contribution in [3.8, 4) is 0 Å². The maximum absolute atomic E-state index is 9.74. The molecule has 21 heavy (non-hydrogen) atoms. The van der Waals surface area contributed by atoms with Crippen molar-refractivity contribution >= 4 is 6.41 Å². The highest BCUT2D eigenvalue weighted by atomic mass is 16.1. The van der Waals surface area contributed by atoms with Gasteiger partial charge in [-0.25, -0.2) is 0 Å². The van der Waals surface area contributed by atoms with Crippen LogP contribution in [0.5, 0.6) is 0 Å². The van der Waals surface area contributed by atoms with Gasteiger partial charge in [-0.15, -0.1) is 19.7 Å². The van der Waals surface area contributed by atoms with E-state index >= 15 is 0 Å². The van der Waals surface area contributed by atoms with Gasteiger partial charge in [-0.2, -0.15) is 0 Å². The minimum atomic E-state index is 0.536. The minimum absolute atomic E-state index is 0.536. The molecule has 1 aliphatic rings. The van der Waals surface area contributed by atoms with Gasteiger partial charge in [0.25, 0.3) is 0 Å². The van der Waals surface area contributed by atoms with Crippen LogP contribution in [0.3, 0.4) is 0 Å². The van der Waals surface area contributed by atoms with Crippen LogP contribution < -0.4 is 10.6 Å². The van der Waals surface area contributed by atoms with E-state index in [1.54, 1.807) is 6.08 Å². The summed E-state index contributed by atoms with van der Waals surface area (Å²) in [5.41, 5.74) is 0.907. The number of carbonyl (C=O) groups excluding carboxylic acids is 1. The lowest BCUT2D eigenvalue weighted by molar-refractivity contribution is -0.109. The van der Waals surface area contributed by atoms with Crippen LogP contribution in [0.15, 0.2) is 50.1 Å². The van der Waals surface area contributed by atoms with Gasteiger partial charge >= 0.3 is 0 Å². The van der Waals surface area contributed by atoms with E-state index in [9.17, 15) is 4.79 Å². The highest BCUT2D eigenvalue weighted by molar-refractivity contribution is 5.47. The van der Waals surface area contributed by atoms with Gasteiger partial charge in [0, 0.05) is 6.54 Å². The van der Waals surface area contributed by atoms with E-state index in [2.05, 4.69) is 43.9 Å². The first-order chi connectivity index (χ1) is 10.1. The molecule has 0 saturated carbocycles. The molecule has 0 aromatic carbocycles. The molecule has 0 unspecified atom stereocenters. The predicted octanol–water partition coefficient (Wildman–Crippen LogP) is 3.87. The SMILES string of the molecule is C=C.C=C(/C=C\C)CNC=O.C=CC.CC1CCNCC1. The summed E-state index contributed by atoms with van der Waals surface area (Å²) in [5, 5.41) is 5.82. The summed E-state index contributed by atoms with van der Waals surface area (Å²) >= 11 is 0. The Bertz CT molecular complexity index is 266. The molecular weight excluding hydrogens is 260 g/mol. The molecule has 3 heteroatoms. The average Bonchev–Trinajstić information content (AvgIpc) is 2.50. The fraction of sp³-hybridized carbons (Fsp3) is 0.500. The predicted molar refractivity (Wildman–Crippen MR) is 96.4 cm³/mol. The van der Waals surface area contributed by atoms with Crippen molar-refractivity contribution in [2.45, 2.75) is 33.6 Å². The molecule has 0 bridgehead atoms. The van der Waals surface area contributed by atoms with Crippen molar-refractivity contribution in [3.63, 3.8) is 0 Å². The smallest absolute Gasteiger partial charge is 0.207 e. The second-order valence-electron chi connectivity index (χ2n) is 4.50. The van der Waals surface area contributed by atoms with Crippen LogP contribution in [0.2, 0.25) is 0 Å². The van der Waals surface area contributed by atoms with Crippen LogP contribution >= 0.6 is 0 Å². The second kappa shape index (κ2) is 23.5. The van der Waals surface area contributed by atoms with E-state index in [-0.39, 0.29) is 0 Å². The molecule has 2 N–H and O–H groups in total. The molecule has 0 aliphatic carbocycles. The maximum Gasteiger partial charge on any atom is 0.207 e. The molecular formula is C18H34N2O. The molecule has 122 valence electrons. The number of rotatable bonds is 4. The maximum atomic E-state index is 9.74. The Labute approximate surface area is 131 Å². The summed E-state index contributed by atoms with van der Waals surface area (Å²) in [5.74, 6) is 0.973. The molecule has 1 heterocycles. The lowest BCUT2D eigenvalue weighted by atomic mass is 10.0. The van der Waals surface area contributed by atoms with Gasteiger partial charge in [-0.3, -0.25) is 4.79 Å². The topological polar surface area (TPSA) is 41.1 Å². The fourth-order valence-corrected chi connectivity index (χ4v) is 1.43. The number of amides is 1. The van der Waals surface area contributed by atoms with Crippen LogP contribution in [0.4, 0.5) is 0 Å². The first kappa shape index (κ1) is 24.4. The summed E-state index contributed by atoms with van der Waals surface area (Å²) in [6.07, 6.45) is 8.90. The molecule has 1 rings (SSSR count). The van der Waals surface area contributed by atoms with Gasteiger partial charge in [0.2, 0.25) is 6.41 Å². The summed E-state index contributed by atoms with van der Waals surface area (Å²) in [6.45, 7) is 22.2. The first-order valence-electron chi connectivity index (χ1n) is 7.37. The standard InChI is InChI=1S/C7H11NO.C6H13N.C3H6.C2H4/c1-3-4-7(2)5-8-6-9;1-6-2-4-7-5-3-6;1-3-2;1-2/h3-4,6H,2,5H2,1H3,(H,8,9);6-7H,2-5H2,1H3;3H,1H2,2H3;1-2H2/b4-3-;;;. The summed E-state index contributed by atoms with van der Waals surface area (Å²) in [4.78, 5) is 9.74. The Kier molecular flexibility index (Phi) is 27.3. The van der Waals surface area contributed by atoms with Crippen molar-refractivity contribution in [3.05, 3.63) is 50.1 Å². The molecule has 1 fully saturated rings. The molecule has 1 saturated heterocycles. The van der Waals surface area contributed by atoms with Gasteiger partial charge in [-0.1, -0.05) is 31.7 Å². The molecule has 0 radical (unpaired) electrons. The lowest BCUT2D eigenvalue weighted by Gasteiger charge is -2.17. The van der Waals surface area contributed by atoms with Crippen LogP contribution in [0, 0.1) is 5.92 Å². The number of nitrogens with one attached hydrogen (secondary N) is 2. The van der Waals surface area contributed by atoms with Crippen LogP contribution in [-0.2, 0) is 4.79 Å². The highest BCUT2D eigenvalue weighted by Crippen LogP contribution is 2.08. The highest BCUT2D eigenvalue weighted by Gasteiger charge is 2.04. The van der Waals surface area contributed by atoms with Gasteiger partial charge < -0.3 is 10.6 Å². The zero-order valence-corrected chi connectivity index (χ0v) is 14.2. The van der Waals surface area contributed by atoms with E-state index in [1.807, 2.05) is 26.0 Å². The largest absolute Gasteiger partial charge is 0.355 e. The lowest BCUT2D eigenvalue weighted by Crippen LogP contribution is -2.26. The number of piperidine rings is 1. The van der Waals surface area contributed by atoms with Gasteiger partial charge in [0.1, 0.15) is 0 Å². The summed E-state index contributed by atoms with van der Waals surface area (Å²) in [6, 6.07) is 0. The fourth-order valence-electron chi connectivity index (χ4n) is 1.43.